The second kappa shape index (κ2) is 5.65. The van der Waals surface area contributed by atoms with Crippen molar-refractivity contribution in [2.75, 3.05) is 5.32 Å². The molecule has 1 heterocycles. The van der Waals surface area contributed by atoms with Crippen molar-refractivity contribution in [2.45, 2.75) is 64.5 Å². The molecule has 0 amide bonds. The van der Waals surface area contributed by atoms with Crippen LogP contribution < -0.4 is 11.1 Å². The van der Waals surface area contributed by atoms with Crippen molar-refractivity contribution in [3.05, 3.63) is 17.5 Å². The lowest BCUT2D eigenvalue weighted by molar-refractivity contribution is 0.409. The van der Waals surface area contributed by atoms with Gasteiger partial charge in [0, 0.05) is 23.5 Å². The van der Waals surface area contributed by atoms with Crippen LogP contribution in [0.15, 0.2) is 6.07 Å². The van der Waals surface area contributed by atoms with Gasteiger partial charge in [-0.1, -0.05) is 13.8 Å². The number of nitrogens with one attached hydrogen (secondary N) is 1. The molecule has 1 aliphatic rings. The van der Waals surface area contributed by atoms with Crippen molar-refractivity contribution >= 4 is 5.95 Å². The fourth-order valence-corrected chi connectivity index (χ4v) is 2.40. The molecule has 2 rings (SSSR count). The Kier molecular flexibility index (Phi) is 4.17. The molecule has 0 spiro atoms. The molecule has 0 radical (unpaired) electrons. The summed E-state index contributed by atoms with van der Waals surface area (Å²) in [6, 6.07) is 2.92. The van der Waals surface area contributed by atoms with Crippen LogP contribution >= 0.6 is 0 Å². The zero-order valence-corrected chi connectivity index (χ0v) is 11.6. The van der Waals surface area contributed by atoms with Crippen LogP contribution in [0.1, 0.15) is 56.8 Å². The van der Waals surface area contributed by atoms with Crippen LogP contribution in [0.3, 0.4) is 0 Å². The number of nitrogens with two attached hydrogens (primary N) is 1. The number of aromatic nitrogens is 2. The molecule has 100 valence electrons. The normalized spacial score (nSPS) is 24.3. The van der Waals surface area contributed by atoms with Crippen molar-refractivity contribution in [1.29, 1.82) is 0 Å². The van der Waals surface area contributed by atoms with Crippen LogP contribution in [-0.2, 0) is 0 Å². The summed E-state index contributed by atoms with van der Waals surface area (Å²) in [6.07, 6.45) is 4.44. The molecule has 0 aliphatic heterocycles. The van der Waals surface area contributed by atoms with E-state index in [1.807, 2.05) is 6.92 Å². The highest BCUT2D eigenvalue weighted by Gasteiger charge is 2.19. The molecule has 0 saturated heterocycles. The fourth-order valence-electron chi connectivity index (χ4n) is 2.40. The molecule has 18 heavy (non-hydrogen) atoms. The predicted octanol–water partition coefficient (Wildman–Crippen LogP) is 2.59. The van der Waals surface area contributed by atoms with Crippen molar-refractivity contribution in [3.8, 4) is 0 Å². The van der Waals surface area contributed by atoms with Crippen molar-refractivity contribution < 1.29 is 0 Å². The smallest absolute Gasteiger partial charge is 0.223 e. The summed E-state index contributed by atoms with van der Waals surface area (Å²) in [7, 11) is 0. The van der Waals surface area contributed by atoms with Crippen LogP contribution in [-0.4, -0.2) is 22.1 Å². The van der Waals surface area contributed by atoms with Gasteiger partial charge in [0.05, 0.1) is 0 Å². The van der Waals surface area contributed by atoms with E-state index >= 15 is 0 Å². The molecule has 0 atom stereocenters. The summed E-state index contributed by atoms with van der Waals surface area (Å²) in [4.78, 5) is 9.07. The van der Waals surface area contributed by atoms with Crippen LogP contribution in [0.2, 0.25) is 0 Å². The molecule has 1 aliphatic carbocycles. The van der Waals surface area contributed by atoms with Gasteiger partial charge in [0.1, 0.15) is 0 Å². The SMILES string of the molecule is Cc1cc(C(C)C)nc(NC2CCC(N)CC2)n1. The Hall–Kier alpha value is -1.16. The fraction of sp³-hybridized carbons (Fsp3) is 0.714. The average Bonchev–Trinajstić information content (AvgIpc) is 2.31. The third-order valence-electron chi connectivity index (χ3n) is 3.57. The maximum Gasteiger partial charge on any atom is 0.223 e. The van der Waals surface area contributed by atoms with Gasteiger partial charge in [0.25, 0.3) is 0 Å². The first kappa shape index (κ1) is 13.3. The zero-order chi connectivity index (χ0) is 13.1. The molecular weight excluding hydrogens is 224 g/mol. The first-order chi connectivity index (χ1) is 8.54. The molecule has 1 aromatic rings. The standard InChI is InChI=1S/C14H24N4/c1-9(2)13-8-10(3)16-14(18-13)17-12-6-4-11(15)5-7-12/h8-9,11-12H,4-7,15H2,1-3H3,(H,16,17,18). The minimum atomic E-state index is 0.382. The van der Waals surface area contributed by atoms with Gasteiger partial charge >= 0.3 is 0 Å². The highest BCUT2D eigenvalue weighted by atomic mass is 15.1. The van der Waals surface area contributed by atoms with Gasteiger partial charge in [-0.25, -0.2) is 9.97 Å². The van der Waals surface area contributed by atoms with E-state index in [0.717, 1.165) is 43.0 Å². The Morgan fingerprint density at radius 2 is 1.89 bits per heavy atom. The third-order valence-corrected chi connectivity index (χ3v) is 3.57. The van der Waals surface area contributed by atoms with E-state index in [0.29, 0.717) is 18.0 Å². The van der Waals surface area contributed by atoms with Crippen LogP contribution in [0, 0.1) is 6.92 Å². The molecule has 1 fully saturated rings. The zero-order valence-electron chi connectivity index (χ0n) is 11.6. The largest absolute Gasteiger partial charge is 0.351 e. The maximum absolute atomic E-state index is 5.92. The molecule has 0 unspecified atom stereocenters. The van der Waals surface area contributed by atoms with E-state index < -0.39 is 0 Å². The number of hydrogen-bond donors (Lipinski definition) is 2. The second-order valence-electron chi connectivity index (χ2n) is 5.67. The third kappa shape index (κ3) is 3.42. The highest BCUT2D eigenvalue weighted by molar-refractivity contribution is 5.30. The van der Waals surface area contributed by atoms with Gasteiger partial charge in [-0.2, -0.15) is 0 Å². The van der Waals surface area contributed by atoms with E-state index in [1.165, 1.54) is 0 Å². The summed E-state index contributed by atoms with van der Waals surface area (Å²) in [5.74, 6) is 1.21. The van der Waals surface area contributed by atoms with Gasteiger partial charge in [0.2, 0.25) is 5.95 Å². The quantitative estimate of drug-likeness (QED) is 0.863. The number of aryl methyl sites for hydroxylation is 1. The number of anilines is 1. The van der Waals surface area contributed by atoms with Crippen LogP contribution in [0.25, 0.3) is 0 Å². The van der Waals surface area contributed by atoms with Gasteiger partial charge in [0.15, 0.2) is 0 Å². The van der Waals surface area contributed by atoms with Gasteiger partial charge < -0.3 is 11.1 Å². The lowest BCUT2D eigenvalue weighted by atomic mass is 9.92. The van der Waals surface area contributed by atoms with E-state index in [9.17, 15) is 0 Å². The molecule has 1 aromatic heterocycles. The Morgan fingerprint density at radius 1 is 1.22 bits per heavy atom. The van der Waals surface area contributed by atoms with Gasteiger partial charge in [-0.15, -0.1) is 0 Å². The Balaban J connectivity index is 2.04. The summed E-state index contributed by atoms with van der Waals surface area (Å²) in [6.45, 7) is 6.34. The number of nitrogens with zero attached hydrogens (tertiary/aromatic N) is 2. The van der Waals surface area contributed by atoms with Crippen molar-refractivity contribution in [2.24, 2.45) is 5.73 Å². The van der Waals surface area contributed by atoms with Crippen LogP contribution in [0.5, 0.6) is 0 Å². The van der Waals surface area contributed by atoms with E-state index in [1.54, 1.807) is 0 Å². The first-order valence-electron chi connectivity index (χ1n) is 6.92. The van der Waals surface area contributed by atoms with Crippen molar-refractivity contribution in [1.82, 2.24) is 9.97 Å². The predicted molar refractivity (Wildman–Crippen MR) is 74.7 cm³/mol. The molecule has 4 nitrogen and oxygen atoms in total. The summed E-state index contributed by atoms with van der Waals surface area (Å²) < 4.78 is 0. The maximum atomic E-state index is 5.92. The molecule has 4 heteroatoms. The van der Waals surface area contributed by atoms with Gasteiger partial charge in [-0.05, 0) is 44.6 Å². The van der Waals surface area contributed by atoms with E-state index in [-0.39, 0.29) is 0 Å². The van der Waals surface area contributed by atoms with E-state index in [4.69, 9.17) is 5.73 Å². The lowest BCUT2D eigenvalue weighted by Crippen LogP contribution is -2.33. The van der Waals surface area contributed by atoms with Crippen LogP contribution in [0.4, 0.5) is 5.95 Å². The molecule has 0 aromatic carbocycles. The minimum Gasteiger partial charge on any atom is -0.351 e. The number of hydrogen-bond acceptors (Lipinski definition) is 4. The Labute approximate surface area is 109 Å². The topological polar surface area (TPSA) is 63.8 Å². The second-order valence-corrected chi connectivity index (χ2v) is 5.67. The molecule has 0 bridgehead atoms. The summed E-state index contributed by atoms with van der Waals surface area (Å²) in [5.41, 5.74) is 8.06. The van der Waals surface area contributed by atoms with Gasteiger partial charge in [-0.3, -0.25) is 0 Å². The summed E-state index contributed by atoms with van der Waals surface area (Å²) >= 11 is 0. The Bertz CT molecular complexity index is 395. The summed E-state index contributed by atoms with van der Waals surface area (Å²) in [5, 5.41) is 3.46. The highest BCUT2D eigenvalue weighted by Crippen LogP contribution is 2.21. The molecule has 3 N–H and O–H groups in total. The van der Waals surface area contributed by atoms with Crippen molar-refractivity contribution in [3.63, 3.8) is 0 Å². The molecular formula is C14H24N4. The Morgan fingerprint density at radius 3 is 2.50 bits per heavy atom. The monoisotopic (exact) mass is 248 g/mol. The number of rotatable bonds is 3. The lowest BCUT2D eigenvalue weighted by Gasteiger charge is -2.27. The van der Waals surface area contributed by atoms with E-state index in [2.05, 4.69) is 35.2 Å². The first-order valence-corrected chi connectivity index (χ1v) is 6.92. The molecule has 1 saturated carbocycles. The minimum absolute atomic E-state index is 0.382. The average molecular weight is 248 g/mol.